The summed E-state index contributed by atoms with van der Waals surface area (Å²) in [6, 6.07) is 12.1. The molecule has 0 saturated heterocycles. The van der Waals surface area contributed by atoms with E-state index in [0.29, 0.717) is 6.54 Å². The van der Waals surface area contributed by atoms with Gasteiger partial charge in [0.1, 0.15) is 0 Å². The number of hydrogen-bond donors (Lipinski definition) is 1. The van der Waals surface area contributed by atoms with Crippen LogP contribution >= 0.6 is 27.3 Å². The summed E-state index contributed by atoms with van der Waals surface area (Å²) in [5.74, 6) is 0. The van der Waals surface area contributed by atoms with Gasteiger partial charge >= 0.3 is 0 Å². The minimum Gasteiger partial charge on any atom is -0.387 e. The van der Waals surface area contributed by atoms with Gasteiger partial charge in [-0.1, -0.05) is 28.1 Å². The van der Waals surface area contributed by atoms with Gasteiger partial charge in [-0.05, 0) is 43.8 Å². The number of rotatable bonds is 5. The first-order chi connectivity index (χ1) is 9.04. The Hall–Kier alpha value is -0.680. The first-order valence-corrected chi connectivity index (χ1v) is 7.83. The van der Waals surface area contributed by atoms with Crippen molar-refractivity contribution in [3.63, 3.8) is 0 Å². The molecule has 2 rings (SSSR count). The molecule has 0 aliphatic heterocycles. The lowest BCUT2D eigenvalue weighted by atomic mass is 10.1. The summed E-state index contributed by atoms with van der Waals surface area (Å²) in [7, 11) is 2.04. The number of aliphatic hydroxyl groups excluding tert-OH is 1. The van der Waals surface area contributed by atoms with Crippen LogP contribution in [0.1, 0.15) is 21.4 Å². The molecule has 0 radical (unpaired) electrons. The third-order valence-corrected chi connectivity index (χ3v) is 4.48. The van der Waals surface area contributed by atoms with Crippen LogP contribution in [0.15, 0.2) is 40.9 Å². The largest absolute Gasteiger partial charge is 0.387 e. The first kappa shape index (κ1) is 14.7. The van der Waals surface area contributed by atoms with Crippen LogP contribution in [-0.4, -0.2) is 23.6 Å². The Morgan fingerprint density at radius 3 is 2.47 bits per heavy atom. The second-order valence-corrected chi connectivity index (χ2v) is 7.06. The highest BCUT2D eigenvalue weighted by Crippen LogP contribution is 2.20. The van der Waals surface area contributed by atoms with Crippen LogP contribution in [0.5, 0.6) is 0 Å². The van der Waals surface area contributed by atoms with Crippen LogP contribution in [-0.2, 0) is 6.54 Å². The summed E-state index contributed by atoms with van der Waals surface area (Å²) in [4.78, 5) is 4.82. The van der Waals surface area contributed by atoms with Crippen molar-refractivity contribution in [3.05, 3.63) is 56.2 Å². The van der Waals surface area contributed by atoms with Gasteiger partial charge in [0, 0.05) is 27.3 Å². The number of aryl methyl sites for hydroxylation is 1. The molecular formula is C15H18BrNOS. The first-order valence-electron chi connectivity index (χ1n) is 6.22. The van der Waals surface area contributed by atoms with Crippen molar-refractivity contribution >= 4 is 27.3 Å². The molecule has 0 unspecified atom stereocenters. The Balaban J connectivity index is 1.91. The number of benzene rings is 1. The van der Waals surface area contributed by atoms with E-state index < -0.39 is 6.10 Å². The standard InChI is InChI=1S/C15H18BrNOS/c1-11-3-8-14(19-11)9-17(2)10-15(18)12-4-6-13(16)7-5-12/h3-8,15,18H,9-10H2,1-2H3/t15-/m1/s1. The van der Waals surface area contributed by atoms with Crippen LogP contribution in [0.25, 0.3) is 0 Å². The lowest BCUT2D eigenvalue weighted by Gasteiger charge is -2.20. The van der Waals surface area contributed by atoms with Gasteiger partial charge in [-0.3, -0.25) is 4.90 Å². The van der Waals surface area contributed by atoms with Crippen LogP contribution in [0.3, 0.4) is 0 Å². The zero-order valence-corrected chi connectivity index (χ0v) is 13.5. The fourth-order valence-corrected chi connectivity index (χ4v) is 3.22. The van der Waals surface area contributed by atoms with E-state index in [1.807, 2.05) is 42.6 Å². The van der Waals surface area contributed by atoms with Crippen molar-refractivity contribution in [1.29, 1.82) is 0 Å². The molecule has 0 aliphatic rings. The molecular weight excluding hydrogens is 322 g/mol. The van der Waals surface area contributed by atoms with Crippen molar-refractivity contribution in [2.45, 2.75) is 19.6 Å². The summed E-state index contributed by atoms with van der Waals surface area (Å²) < 4.78 is 1.03. The van der Waals surface area contributed by atoms with E-state index in [9.17, 15) is 5.11 Å². The van der Waals surface area contributed by atoms with Crippen LogP contribution in [0.4, 0.5) is 0 Å². The van der Waals surface area contributed by atoms with E-state index in [1.165, 1.54) is 9.75 Å². The van der Waals surface area contributed by atoms with E-state index in [2.05, 4.69) is 39.9 Å². The Labute approximate surface area is 126 Å². The normalized spacial score (nSPS) is 12.9. The van der Waals surface area contributed by atoms with Gasteiger partial charge in [-0.25, -0.2) is 0 Å². The molecule has 2 aromatic rings. The third-order valence-electron chi connectivity index (χ3n) is 2.96. The molecule has 2 nitrogen and oxygen atoms in total. The monoisotopic (exact) mass is 339 g/mol. The molecule has 0 aliphatic carbocycles. The van der Waals surface area contributed by atoms with Gasteiger partial charge in [-0.15, -0.1) is 11.3 Å². The number of hydrogen-bond acceptors (Lipinski definition) is 3. The van der Waals surface area contributed by atoms with E-state index in [1.54, 1.807) is 0 Å². The minimum absolute atomic E-state index is 0.445. The van der Waals surface area contributed by atoms with Crippen LogP contribution in [0.2, 0.25) is 0 Å². The lowest BCUT2D eigenvalue weighted by molar-refractivity contribution is 0.124. The topological polar surface area (TPSA) is 23.5 Å². The van der Waals surface area contributed by atoms with Crippen molar-refractivity contribution < 1.29 is 5.11 Å². The highest BCUT2D eigenvalue weighted by atomic mass is 79.9. The van der Waals surface area contributed by atoms with E-state index in [-0.39, 0.29) is 0 Å². The molecule has 0 amide bonds. The maximum atomic E-state index is 10.2. The lowest BCUT2D eigenvalue weighted by Crippen LogP contribution is -2.23. The zero-order chi connectivity index (χ0) is 13.8. The Morgan fingerprint density at radius 2 is 1.89 bits per heavy atom. The molecule has 1 aromatic carbocycles. The zero-order valence-electron chi connectivity index (χ0n) is 11.1. The molecule has 1 N–H and O–H groups in total. The number of thiophene rings is 1. The molecule has 0 bridgehead atoms. The molecule has 1 aromatic heterocycles. The highest BCUT2D eigenvalue weighted by Gasteiger charge is 2.11. The summed E-state index contributed by atoms with van der Waals surface area (Å²) in [6.07, 6.45) is -0.445. The van der Waals surface area contributed by atoms with Crippen molar-refractivity contribution in [3.8, 4) is 0 Å². The van der Waals surface area contributed by atoms with Crippen LogP contribution in [0, 0.1) is 6.92 Å². The molecule has 0 fully saturated rings. The van der Waals surface area contributed by atoms with Gasteiger partial charge in [0.25, 0.3) is 0 Å². The summed E-state index contributed by atoms with van der Waals surface area (Å²) in [6.45, 7) is 3.63. The Morgan fingerprint density at radius 1 is 1.21 bits per heavy atom. The number of halogens is 1. The van der Waals surface area contributed by atoms with E-state index in [0.717, 1.165) is 16.6 Å². The van der Waals surface area contributed by atoms with Gasteiger partial charge in [0.2, 0.25) is 0 Å². The second kappa shape index (κ2) is 6.66. The van der Waals surface area contributed by atoms with Gasteiger partial charge in [-0.2, -0.15) is 0 Å². The average Bonchev–Trinajstić information content (AvgIpc) is 2.75. The highest BCUT2D eigenvalue weighted by molar-refractivity contribution is 9.10. The number of aliphatic hydroxyl groups is 1. The Bertz CT molecular complexity index is 523. The van der Waals surface area contributed by atoms with E-state index in [4.69, 9.17) is 0 Å². The smallest absolute Gasteiger partial charge is 0.0916 e. The Kier molecular flexibility index (Phi) is 5.16. The molecule has 0 saturated carbocycles. The molecule has 4 heteroatoms. The van der Waals surface area contributed by atoms with Crippen molar-refractivity contribution in [2.75, 3.05) is 13.6 Å². The van der Waals surface area contributed by atoms with Crippen molar-refractivity contribution in [1.82, 2.24) is 4.90 Å². The molecule has 1 atom stereocenters. The predicted molar refractivity (Wildman–Crippen MR) is 84.5 cm³/mol. The molecule has 102 valence electrons. The second-order valence-electron chi connectivity index (χ2n) is 4.78. The minimum atomic E-state index is -0.445. The number of nitrogens with zero attached hydrogens (tertiary/aromatic N) is 1. The van der Waals surface area contributed by atoms with Crippen molar-refractivity contribution in [2.24, 2.45) is 0 Å². The van der Waals surface area contributed by atoms with E-state index >= 15 is 0 Å². The van der Waals surface area contributed by atoms with Gasteiger partial charge < -0.3 is 5.11 Å². The fraction of sp³-hybridized carbons (Fsp3) is 0.333. The number of likely N-dealkylation sites (N-methyl/N-ethyl adjacent to an activating group) is 1. The maximum absolute atomic E-state index is 10.2. The fourth-order valence-electron chi connectivity index (χ4n) is 1.99. The summed E-state index contributed by atoms with van der Waals surface area (Å²) >= 11 is 5.21. The molecule has 1 heterocycles. The SMILES string of the molecule is Cc1ccc(CN(C)C[C@@H](O)c2ccc(Br)cc2)s1. The maximum Gasteiger partial charge on any atom is 0.0916 e. The molecule has 19 heavy (non-hydrogen) atoms. The summed E-state index contributed by atoms with van der Waals surface area (Å²) in [5.41, 5.74) is 0.956. The quantitative estimate of drug-likeness (QED) is 0.890. The predicted octanol–water partition coefficient (Wildman–Crippen LogP) is 3.98. The van der Waals surface area contributed by atoms with Crippen LogP contribution < -0.4 is 0 Å². The molecule has 0 spiro atoms. The average molecular weight is 340 g/mol. The van der Waals surface area contributed by atoms with Gasteiger partial charge in [0.05, 0.1) is 6.10 Å². The third kappa shape index (κ3) is 4.42. The van der Waals surface area contributed by atoms with Gasteiger partial charge in [0.15, 0.2) is 0 Å². The summed E-state index contributed by atoms with van der Waals surface area (Å²) in [5, 5.41) is 10.2.